The Kier molecular flexibility index (Phi) is 3.33. The van der Waals surface area contributed by atoms with Crippen molar-refractivity contribution < 1.29 is 9.50 Å². The summed E-state index contributed by atoms with van der Waals surface area (Å²) in [4.78, 5) is 2.06. The van der Waals surface area contributed by atoms with Gasteiger partial charge in [0.05, 0.1) is 0 Å². The van der Waals surface area contributed by atoms with Gasteiger partial charge in [0.1, 0.15) is 12.0 Å². The van der Waals surface area contributed by atoms with Crippen LogP contribution in [0.1, 0.15) is 30.2 Å². The van der Waals surface area contributed by atoms with Gasteiger partial charge in [-0.2, -0.15) is 0 Å². The standard InChI is InChI=1S/C14H19FN2O/c15-12-1-2-13-11(7-12)9-17(14(13)18)8-10-3-5-16-6-4-10/h1-2,7,10,14,16,18H,3-6,8-9H2. The van der Waals surface area contributed by atoms with Gasteiger partial charge in [-0.25, -0.2) is 4.39 Å². The molecule has 2 aliphatic rings. The number of benzene rings is 1. The molecule has 1 unspecified atom stereocenters. The second kappa shape index (κ2) is 4.96. The van der Waals surface area contributed by atoms with Gasteiger partial charge in [0.2, 0.25) is 0 Å². The number of fused-ring (bicyclic) bond motifs is 1. The Morgan fingerprint density at radius 1 is 1.33 bits per heavy atom. The summed E-state index contributed by atoms with van der Waals surface area (Å²) >= 11 is 0. The van der Waals surface area contributed by atoms with Crippen molar-refractivity contribution in [3.63, 3.8) is 0 Å². The Labute approximate surface area is 107 Å². The molecule has 1 fully saturated rings. The van der Waals surface area contributed by atoms with Crippen molar-refractivity contribution >= 4 is 0 Å². The molecule has 0 radical (unpaired) electrons. The Balaban J connectivity index is 1.69. The second-order valence-corrected chi connectivity index (χ2v) is 5.34. The summed E-state index contributed by atoms with van der Waals surface area (Å²) in [5, 5.41) is 13.6. The van der Waals surface area contributed by atoms with Crippen LogP contribution in [0.25, 0.3) is 0 Å². The molecule has 3 rings (SSSR count). The molecule has 0 spiro atoms. The van der Waals surface area contributed by atoms with Gasteiger partial charge in [-0.05, 0) is 49.5 Å². The van der Waals surface area contributed by atoms with Gasteiger partial charge in [-0.1, -0.05) is 6.07 Å². The van der Waals surface area contributed by atoms with Gasteiger partial charge >= 0.3 is 0 Å². The second-order valence-electron chi connectivity index (χ2n) is 5.34. The quantitative estimate of drug-likeness (QED) is 0.837. The van der Waals surface area contributed by atoms with Crippen molar-refractivity contribution in [3.05, 3.63) is 35.1 Å². The highest BCUT2D eigenvalue weighted by atomic mass is 19.1. The monoisotopic (exact) mass is 250 g/mol. The predicted octanol–water partition coefficient (Wildman–Crippen LogP) is 1.63. The molecule has 18 heavy (non-hydrogen) atoms. The fraction of sp³-hybridized carbons (Fsp3) is 0.571. The lowest BCUT2D eigenvalue weighted by atomic mass is 9.97. The number of hydrogen-bond acceptors (Lipinski definition) is 3. The first-order chi connectivity index (χ1) is 8.74. The van der Waals surface area contributed by atoms with Crippen molar-refractivity contribution in [1.29, 1.82) is 0 Å². The molecular weight excluding hydrogens is 231 g/mol. The molecule has 2 heterocycles. The number of hydrogen-bond donors (Lipinski definition) is 2. The van der Waals surface area contributed by atoms with E-state index < -0.39 is 6.23 Å². The van der Waals surface area contributed by atoms with Gasteiger partial charge in [0.25, 0.3) is 0 Å². The lowest BCUT2D eigenvalue weighted by molar-refractivity contribution is 0.000409. The molecule has 0 saturated carbocycles. The number of nitrogens with one attached hydrogen (secondary N) is 1. The number of halogens is 1. The van der Waals surface area contributed by atoms with E-state index in [1.165, 1.54) is 6.07 Å². The molecule has 2 N–H and O–H groups in total. The van der Waals surface area contributed by atoms with E-state index in [9.17, 15) is 9.50 Å². The van der Waals surface area contributed by atoms with Crippen LogP contribution in [0.15, 0.2) is 18.2 Å². The van der Waals surface area contributed by atoms with Crippen LogP contribution in [0.2, 0.25) is 0 Å². The minimum atomic E-state index is -0.560. The summed E-state index contributed by atoms with van der Waals surface area (Å²) in [6.45, 7) is 3.70. The van der Waals surface area contributed by atoms with E-state index in [0.29, 0.717) is 12.5 Å². The van der Waals surface area contributed by atoms with E-state index in [-0.39, 0.29) is 5.82 Å². The summed E-state index contributed by atoms with van der Waals surface area (Å²) in [6.07, 6.45) is 1.76. The molecule has 0 aliphatic carbocycles. The summed E-state index contributed by atoms with van der Waals surface area (Å²) < 4.78 is 13.2. The third-order valence-corrected chi connectivity index (χ3v) is 4.05. The van der Waals surface area contributed by atoms with Gasteiger partial charge in [0, 0.05) is 18.7 Å². The van der Waals surface area contributed by atoms with E-state index in [1.54, 1.807) is 12.1 Å². The van der Waals surface area contributed by atoms with Crippen molar-refractivity contribution in [2.24, 2.45) is 5.92 Å². The number of nitrogens with zero attached hydrogens (tertiary/aromatic N) is 1. The van der Waals surface area contributed by atoms with Crippen LogP contribution in [0.5, 0.6) is 0 Å². The van der Waals surface area contributed by atoms with E-state index in [2.05, 4.69) is 10.2 Å². The number of rotatable bonds is 2. The molecule has 98 valence electrons. The Bertz CT molecular complexity index is 432. The molecule has 1 aromatic carbocycles. The Hall–Kier alpha value is -0.970. The van der Waals surface area contributed by atoms with E-state index in [4.69, 9.17) is 0 Å². The van der Waals surface area contributed by atoms with E-state index in [0.717, 1.165) is 43.6 Å². The lowest BCUT2D eigenvalue weighted by Crippen LogP contribution is -2.35. The zero-order chi connectivity index (χ0) is 12.5. The number of piperidine rings is 1. The van der Waals surface area contributed by atoms with Crippen LogP contribution < -0.4 is 5.32 Å². The van der Waals surface area contributed by atoms with Gasteiger partial charge in [-0.3, -0.25) is 4.90 Å². The summed E-state index contributed by atoms with van der Waals surface area (Å²) in [7, 11) is 0. The average Bonchev–Trinajstić information content (AvgIpc) is 2.67. The molecule has 2 aliphatic heterocycles. The van der Waals surface area contributed by atoms with Crippen LogP contribution in [-0.4, -0.2) is 29.6 Å². The highest BCUT2D eigenvalue weighted by molar-refractivity contribution is 5.33. The predicted molar refractivity (Wildman–Crippen MR) is 67.4 cm³/mol. The Morgan fingerprint density at radius 2 is 2.11 bits per heavy atom. The fourth-order valence-electron chi connectivity index (χ4n) is 3.03. The van der Waals surface area contributed by atoms with E-state index in [1.807, 2.05) is 0 Å². The fourth-order valence-corrected chi connectivity index (χ4v) is 3.03. The first kappa shape index (κ1) is 12.1. The lowest BCUT2D eigenvalue weighted by Gasteiger charge is -2.29. The first-order valence-corrected chi connectivity index (χ1v) is 6.65. The van der Waals surface area contributed by atoms with E-state index >= 15 is 0 Å². The van der Waals surface area contributed by atoms with Crippen molar-refractivity contribution in [2.45, 2.75) is 25.6 Å². The molecule has 1 aromatic rings. The third kappa shape index (κ3) is 2.28. The molecule has 3 nitrogen and oxygen atoms in total. The first-order valence-electron chi connectivity index (χ1n) is 6.65. The minimum absolute atomic E-state index is 0.218. The average molecular weight is 250 g/mol. The van der Waals surface area contributed by atoms with Crippen LogP contribution >= 0.6 is 0 Å². The molecule has 0 bridgehead atoms. The van der Waals surface area contributed by atoms with Gasteiger partial charge in [-0.15, -0.1) is 0 Å². The Morgan fingerprint density at radius 3 is 2.89 bits per heavy atom. The summed E-state index contributed by atoms with van der Waals surface area (Å²) in [6, 6.07) is 4.68. The largest absolute Gasteiger partial charge is 0.374 e. The number of aliphatic hydroxyl groups excluding tert-OH is 1. The normalized spacial score (nSPS) is 25.3. The van der Waals surface area contributed by atoms with Crippen molar-refractivity contribution in [2.75, 3.05) is 19.6 Å². The highest BCUT2D eigenvalue weighted by Crippen LogP contribution is 2.33. The zero-order valence-electron chi connectivity index (χ0n) is 10.4. The summed E-state index contributed by atoms with van der Waals surface area (Å²) in [5.74, 6) is 0.421. The molecule has 4 heteroatoms. The maximum atomic E-state index is 13.2. The van der Waals surface area contributed by atoms with Crippen LogP contribution in [0.3, 0.4) is 0 Å². The van der Waals surface area contributed by atoms with Crippen molar-refractivity contribution in [3.8, 4) is 0 Å². The van der Waals surface area contributed by atoms with Crippen LogP contribution in [0, 0.1) is 11.7 Å². The third-order valence-electron chi connectivity index (χ3n) is 4.05. The van der Waals surface area contributed by atoms with Gasteiger partial charge < -0.3 is 10.4 Å². The zero-order valence-corrected chi connectivity index (χ0v) is 10.4. The smallest absolute Gasteiger partial charge is 0.134 e. The minimum Gasteiger partial charge on any atom is -0.374 e. The number of aliphatic hydroxyl groups is 1. The van der Waals surface area contributed by atoms with Crippen LogP contribution in [0.4, 0.5) is 4.39 Å². The topological polar surface area (TPSA) is 35.5 Å². The van der Waals surface area contributed by atoms with Crippen LogP contribution in [-0.2, 0) is 6.54 Å². The van der Waals surface area contributed by atoms with Crippen molar-refractivity contribution in [1.82, 2.24) is 10.2 Å². The maximum absolute atomic E-state index is 13.2. The molecule has 0 aromatic heterocycles. The summed E-state index contributed by atoms with van der Waals surface area (Å²) in [5.41, 5.74) is 1.79. The molecule has 0 amide bonds. The maximum Gasteiger partial charge on any atom is 0.134 e. The molecular formula is C14H19FN2O. The highest BCUT2D eigenvalue weighted by Gasteiger charge is 2.30. The molecule has 1 saturated heterocycles. The SMILES string of the molecule is OC1c2ccc(F)cc2CN1CC1CCNCC1. The molecule has 1 atom stereocenters. The van der Waals surface area contributed by atoms with Gasteiger partial charge in [0.15, 0.2) is 0 Å².